The van der Waals surface area contributed by atoms with Gasteiger partial charge in [0.1, 0.15) is 5.69 Å². The summed E-state index contributed by atoms with van der Waals surface area (Å²) in [5.74, 6) is -1.24. The number of carboxylic acids is 1. The summed E-state index contributed by atoms with van der Waals surface area (Å²) in [4.78, 5) is 23.3. The average molecular weight is 415 g/mol. The lowest BCUT2D eigenvalue weighted by atomic mass is 10.1. The molecule has 8 nitrogen and oxygen atoms in total. The number of benzene rings is 2. The molecule has 8 heteroatoms. The fraction of sp³-hybridized carbons (Fsp3) is 0.130. The third kappa shape index (κ3) is 4.87. The number of carbonyl (C=O) groups is 2. The Labute approximate surface area is 178 Å². The SMILES string of the molecule is O=C(O)CCn1ccc(C(=O)NCc2cn(-c3ccccc3)nc2-c2ccccc2)n1. The Balaban J connectivity index is 1.53. The summed E-state index contributed by atoms with van der Waals surface area (Å²) in [5, 5.41) is 20.5. The van der Waals surface area contributed by atoms with E-state index in [1.807, 2.05) is 66.9 Å². The summed E-state index contributed by atoms with van der Waals surface area (Å²) in [5.41, 5.74) is 3.78. The second-order valence-corrected chi connectivity index (χ2v) is 6.94. The molecule has 4 aromatic rings. The number of aryl methyl sites for hydroxylation is 1. The van der Waals surface area contributed by atoms with E-state index in [2.05, 4.69) is 10.4 Å². The molecule has 0 unspecified atom stereocenters. The summed E-state index contributed by atoms with van der Waals surface area (Å²) in [6.07, 6.45) is 3.45. The lowest BCUT2D eigenvalue weighted by Crippen LogP contribution is -2.23. The zero-order valence-electron chi connectivity index (χ0n) is 16.7. The maximum Gasteiger partial charge on any atom is 0.305 e. The maximum atomic E-state index is 12.6. The van der Waals surface area contributed by atoms with E-state index >= 15 is 0 Å². The van der Waals surface area contributed by atoms with Crippen molar-refractivity contribution >= 4 is 11.9 Å². The minimum absolute atomic E-state index is 0.0537. The van der Waals surface area contributed by atoms with Crippen molar-refractivity contribution in [3.05, 3.63) is 90.4 Å². The highest BCUT2D eigenvalue weighted by atomic mass is 16.4. The molecule has 0 aliphatic heterocycles. The van der Waals surface area contributed by atoms with Crippen LogP contribution in [0, 0.1) is 0 Å². The van der Waals surface area contributed by atoms with Crippen LogP contribution >= 0.6 is 0 Å². The van der Waals surface area contributed by atoms with Crippen LogP contribution < -0.4 is 5.32 Å². The van der Waals surface area contributed by atoms with Crippen LogP contribution in [0.1, 0.15) is 22.5 Å². The molecule has 0 saturated carbocycles. The van der Waals surface area contributed by atoms with Gasteiger partial charge < -0.3 is 10.4 Å². The van der Waals surface area contributed by atoms with Crippen molar-refractivity contribution in [1.29, 1.82) is 0 Å². The molecule has 2 aromatic heterocycles. The van der Waals surface area contributed by atoms with Gasteiger partial charge in [-0.05, 0) is 18.2 Å². The van der Waals surface area contributed by atoms with Crippen LogP contribution in [0.5, 0.6) is 0 Å². The number of nitrogens with one attached hydrogen (secondary N) is 1. The first-order valence-electron chi connectivity index (χ1n) is 9.83. The van der Waals surface area contributed by atoms with E-state index in [1.54, 1.807) is 16.9 Å². The second-order valence-electron chi connectivity index (χ2n) is 6.94. The molecule has 31 heavy (non-hydrogen) atoms. The Kier molecular flexibility index (Phi) is 5.89. The zero-order valence-corrected chi connectivity index (χ0v) is 16.7. The van der Waals surface area contributed by atoms with Crippen molar-refractivity contribution in [3.63, 3.8) is 0 Å². The Morgan fingerprint density at radius 2 is 1.65 bits per heavy atom. The van der Waals surface area contributed by atoms with Crippen LogP contribution in [0.3, 0.4) is 0 Å². The fourth-order valence-electron chi connectivity index (χ4n) is 3.17. The van der Waals surface area contributed by atoms with Gasteiger partial charge in [0.25, 0.3) is 5.91 Å². The Morgan fingerprint density at radius 1 is 0.935 bits per heavy atom. The number of hydrogen-bond acceptors (Lipinski definition) is 4. The Morgan fingerprint density at radius 3 is 2.35 bits per heavy atom. The first-order valence-corrected chi connectivity index (χ1v) is 9.83. The Bertz CT molecular complexity index is 1180. The maximum absolute atomic E-state index is 12.6. The van der Waals surface area contributed by atoms with Crippen molar-refractivity contribution in [2.45, 2.75) is 19.5 Å². The number of aromatic nitrogens is 4. The number of para-hydroxylation sites is 1. The largest absolute Gasteiger partial charge is 0.481 e. The van der Waals surface area contributed by atoms with Gasteiger partial charge in [0.05, 0.1) is 24.3 Å². The molecule has 0 spiro atoms. The second kappa shape index (κ2) is 9.08. The highest BCUT2D eigenvalue weighted by Crippen LogP contribution is 2.23. The summed E-state index contributed by atoms with van der Waals surface area (Å²) in [6, 6.07) is 21.1. The molecule has 1 amide bonds. The van der Waals surface area contributed by atoms with Crippen molar-refractivity contribution < 1.29 is 14.7 Å². The van der Waals surface area contributed by atoms with Gasteiger partial charge >= 0.3 is 5.97 Å². The van der Waals surface area contributed by atoms with Crippen LogP contribution in [0.25, 0.3) is 16.9 Å². The number of hydrogen-bond donors (Lipinski definition) is 2. The average Bonchev–Trinajstić information content (AvgIpc) is 3.45. The van der Waals surface area contributed by atoms with Crippen LogP contribution in [-0.2, 0) is 17.9 Å². The van der Waals surface area contributed by atoms with Gasteiger partial charge in [0, 0.05) is 30.1 Å². The molecule has 0 saturated heterocycles. The van der Waals surface area contributed by atoms with Crippen molar-refractivity contribution in [1.82, 2.24) is 24.9 Å². The van der Waals surface area contributed by atoms with Crippen molar-refractivity contribution in [2.24, 2.45) is 0 Å². The smallest absolute Gasteiger partial charge is 0.305 e. The van der Waals surface area contributed by atoms with Gasteiger partial charge in [0.15, 0.2) is 0 Å². The molecule has 4 rings (SSSR count). The number of rotatable bonds is 8. The summed E-state index contributed by atoms with van der Waals surface area (Å²) in [6.45, 7) is 0.489. The lowest BCUT2D eigenvalue weighted by molar-refractivity contribution is -0.137. The highest BCUT2D eigenvalue weighted by molar-refractivity contribution is 5.92. The highest BCUT2D eigenvalue weighted by Gasteiger charge is 2.15. The first kappa shape index (κ1) is 20.1. The van der Waals surface area contributed by atoms with Gasteiger partial charge in [-0.1, -0.05) is 48.5 Å². The molecule has 0 fully saturated rings. The van der Waals surface area contributed by atoms with Crippen molar-refractivity contribution in [2.75, 3.05) is 0 Å². The van der Waals surface area contributed by atoms with Crippen molar-refractivity contribution in [3.8, 4) is 16.9 Å². The standard InChI is InChI=1S/C23H21N5O3/c29-21(30)12-14-27-13-11-20(25-27)23(31)24-15-18-16-28(19-9-5-2-6-10-19)26-22(18)17-7-3-1-4-8-17/h1-11,13,16H,12,14-15H2,(H,24,31)(H,29,30). The van der Waals surface area contributed by atoms with Crippen LogP contribution in [0.2, 0.25) is 0 Å². The molecule has 2 heterocycles. The first-order chi connectivity index (χ1) is 15.1. The molecule has 0 atom stereocenters. The molecule has 0 aliphatic carbocycles. The van der Waals surface area contributed by atoms with E-state index in [9.17, 15) is 9.59 Å². The summed E-state index contributed by atoms with van der Waals surface area (Å²) < 4.78 is 3.25. The number of amides is 1. The van der Waals surface area contributed by atoms with Gasteiger partial charge in [-0.2, -0.15) is 10.2 Å². The predicted molar refractivity (Wildman–Crippen MR) is 115 cm³/mol. The Hall–Kier alpha value is -4.20. The predicted octanol–water partition coefficient (Wildman–Crippen LogP) is 3.14. The molecule has 0 aliphatic rings. The molecule has 2 N–H and O–H groups in total. The number of carboxylic acid groups (broad SMARTS) is 1. The van der Waals surface area contributed by atoms with E-state index in [0.29, 0.717) is 0 Å². The third-order valence-corrected chi connectivity index (χ3v) is 4.73. The molecular formula is C23H21N5O3. The molecule has 0 bridgehead atoms. The molecular weight excluding hydrogens is 394 g/mol. The van der Waals surface area contributed by atoms with E-state index in [0.717, 1.165) is 22.5 Å². The molecule has 0 radical (unpaired) electrons. The minimum atomic E-state index is -0.912. The van der Waals surface area contributed by atoms with E-state index < -0.39 is 5.97 Å². The third-order valence-electron chi connectivity index (χ3n) is 4.73. The lowest BCUT2D eigenvalue weighted by Gasteiger charge is -2.04. The van der Waals surface area contributed by atoms with Gasteiger partial charge in [-0.3, -0.25) is 14.3 Å². The summed E-state index contributed by atoms with van der Waals surface area (Å²) in [7, 11) is 0. The zero-order chi connectivity index (χ0) is 21.6. The number of nitrogens with zero attached hydrogens (tertiary/aromatic N) is 4. The van der Waals surface area contributed by atoms with Crippen LogP contribution in [0.15, 0.2) is 79.1 Å². The number of aliphatic carboxylic acids is 1. The number of carbonyl (C=O) groups excluding carboxylic acids is 1. The monoisotopic (exact) mass is 415 g/mol. The van der Waals surface area contributed by atoms with Gasteiger partial charge in [-0.25, -0.2) is 4.68 Å². The fourth-order valence-corrected chi connectivity index (χ4v) is 3.17. The van der Waals surface area contributed by atoms with Crippen LogP contribution in [0.4, 0.5) is 0 Å². The molecule has 156 valence electrons. The van der Waals surface area contributed by atoms with Crippen LogP contribution in [-0.4, -0.2) is 36.5 Å². The van der Waals surface area contributed by atoms with E-state index in [-0.39, 0.29) is 31.1 Å². The minimum Gasteiger partial charge on any atom is -0.481 e. The topological polar surface area (TPSA) is 102 Å². The molecule has 2 aromatic carbocycles. The van der Waals surface area contributed by atoms with Gasteiger partial charge in [0.2, 0.25) is 0 Å². The summed E-state index contributed by atoms with van der Waals surface area (Å²) >= 11 is 0. The van der Waals surface area contributed by atoms with E-state index in [1.165, 1.54) is 4.68 Å². The quantitative estimate of drug-likeness (QED) is 0.460. The van der Waals surface area contributed by atoms with E-state index in [4.69, 9.17) is 10.2 Å². The normalized spacial score (nSPS) is 10.7. The van der Waals surface area contributed by atoms with Gasteiger partial charge in [-0.15, -0.1) is 0 Å².